The summed E-state index contributed by atoms with van der Waals surface area (Å²) in [5.74, 6) is 3.01. The van der Waals surface area contributed by atoms with Crippen LogP contribution in [0.4, 0.5) is 0 Å². The van der Waals surface area contributed by atoms with Crippen molar-refractivity contribution >= 4 is 5.96 Å². The second-order valence-corrected chi connectivity index (χ2v) is 8.04. The molecule has 0 bridgehead atoms. The minimum Gasteiger partial charge on any atom is -0.491 e. The molecule has 31 heavy (non-hydrogen) atoms. The van der Waals surface area contributed by atoms with E-state index in [9.17, 15) is 5.11 Å². The normalized spacial score (nSPS) is 17.7. The van der Waals surface area contributed by atoms with Crippen LogP contribution in [0.5, 0.6) is 5.75 Å². The first-order chi connectivity index (χ1) is 14.9. The molecule has 0 aliphatic carbocycles. The highest BCUT2D eigenvalue weighted by atomic mass is 16.5. The van der Waals surface area contributed by atoms with Crippen LogP contribution in [0, 0.1) is 6.92 Å². The Labute approximate surface area is 183 Å². The monoisotopic (exact) mass is 430 g/mol. The maximum atomic E-state index is 10.6. The van der Waals surface area contributed by atoms with E-state index in [0.717, 1.165) is 42.4 Å². The summed E-state index contributed by atoms with van der Waals surface area (Å²) in [5, 5.41) is 25.4. The molecule has 1 saturated heterocycles. The first kappa shape index (κ1) is 23.0. The van der Waals surface area contributed by atoms with Gasteiger partial charge in [-0.2, -0.15) is 0 Å². The Bertz CT molecular complexity index is 843. The third kappa shape index (κ3) is 6.93. The number of nitrogens with zero attached hydrogens (tertiary/aromatic N) is 4. The predicted octanol–water partition coefficient (Wildman–Crippen LogP) is 1.86. The molecular formula is C22H34N6O3. The maximum Gasteiger partial charge on any atom is 0.191 e. The Kier molecular flexibility index (Phi) is 8.25. The van der Waals surface area contributed by atoms with Gasteiger partial charge in [-0.05, 0) is 51.3 Å². The largest absolute Gasteiger partial charge is 0.491 e. The summed E-state index contributed by atoms with van der Waals surface area (Å²) < 4.78 is 13.3. The van der Waals surface area contributed by atoms with Gasteiger partial charge in [0.1, 0.15) is 18.1 Å². The van der Waals surface area contributed by atoms with Crippen molar-refractivity contribution in [2.45, 2.75) is 58.5 Å². The van der Waals surface area contributed by atoms with E-state index < -0.39 is 6.10 Å². The number of guanidine groups is 1. The molecule has 170 valence electrons. The van der Waals surface area contributed by atoms with Gasteiger partial charge in [0.05, 0.1) is 18.3 Å². The van der Waals surface area contributed by atoms with Gasteiger partial charge in [-0.3, -0.25) is 0 Å². The average molecular weight is 431 g/mol. The van der Waals surface area contributed by atoms with Crippen molar-refractivity contribution in [3.05, 3.63) is 41.5 Å². The summed E-state index contributed by atoms with van der Waals surface area (Å²) in [4.78, 5) is 4.63. The van der Waals surface area contributed by atoms with Gasteiger partial charge < -0.3 is 29.8 Å². The maximum absolute atomic E-state index is 10.6. The van der Waals surface area contributed by atoms with E-state index in [0.29, 0.717) is 25.6 Å². The van der Waals surface area contributed by atoms with Crippen molar-refractivity contribution in [1.82, 2.24) is 25.4 Å². The number of aliphatic hydroxyl groups excluding tert-OH is 1. The van der Waals surface area contributed by atoms with Crippen LogP contribution in [0.1, 0.15) is 50.0 Å². The highest BCUT2D eigenvalue weighted by Crippen LogP contribution is 2.18. The molecule has 1 aromatic carbocycles. The minimum absolute atomic E-state index is 0.115. The summed E-state index contributed by atoms with van der Waals surface area (Å²) in [6.07, 6.45) is 1.74. The Morgan fingerprint density at radius 1 is 1.29 bits per heavy atom. The quantitative estimate of drug-likeness (QED) is 0.412. The molecule has 1 aromatic heterocycles. The molecule has 1 aliphatic rings. The lowest BCUT2D eigenvalue weighted by atomic mass is 10.1. The van der Waals surface area contributed by atoms with Gasteiger partial charge in [0, 0.05) is 26.7 Å². The second-order valence-electron chi connectivity index (χ2n) is 8.04. The van der Waals surface area contributed by atoms with Crippen molar-refractivity contribution < 1.29 is 14.6 Å². The van der Waals surface area contributed by atoms with E-state index >= 15 is 0 Å². The number of hydrogen-bond donors (Lipinski definition) is 3. The smallest absolute Gasteiger partial charge is 0.191 e. The van der Waals surface area contributed by atoms with Crippen LogP contribution in [0.15, 0.2) is 29.3 Å². The minimum atomic E-state index is -0.681. The number of ether oxygens (including phenoxy) is 2. The van der Waals surface area contributed by atoms with E-state index in [-0.39, 0.29) is 12.2 Å². The van der Waals surface area contributed by atoms with Gasteiger partial charge in [-0.25, -0.2) is 4.99 Å². The number of nitrogens with one attached hydrogen (secondary N) is 2. The fourth-order valence-electron chi connectivity index (χ4n) is 3.28. The molecule has 2 heterocycles. The number of aryl methyl sites for hydroxylation is 1. The Morgan fingerprint density at radius 2 is 2.06 bits per heavy atom. The first-order valence-electron chi connectivity index (χ1n) is 10.9. The zero-order valence-corrected chi connectivity index (χ0v) is 18.8. The first-order valence-corrected chi connectivity index (χ1v) is 10.9. The summed E-state index contributed by atoms with van der Waals surface area (Å²) in [5.41, 5.74) is 0.811. The van der Waals surface area contributed by atoms with Crippen molar-refractivity contribution in [3.8, 4) is 5.75 Å². The van der Waals surface area contributed by atoms with Crippen molar-refractivity contribution in [3.63, 3.8) is 0 Å². The number of hydrogen-bond acceptors (Lipinski definition) is 6. The Hall–Kier alpha value is -2.65. The van der Waals surface area contributed by atoms with Crippen LogP contribution in [-0.2, 0) is 18.3 Å². The molecule has 0 saturated carbocycles. The second kappa shape index (κ2) is 11.1. The van der Waals surface area contributed by atoms with E-state index in [2.05, 4.69) is 25.8 Å². The molecule has 1 aliphatic heterocycles. The fraction of sp³-hybridized carbons (Fsp3) is 0.591. The third-order valence-corrected chi connectivity index (χ3v) is 5.18. The van der Waals surface area contributed by atoms with Gasteiger partial charge in [0.15, 0.2) is 11.8 Å². The molecule has 9 heteroatoms. The van der Waals surface area contributed by atoms with Gasteiger partial charge in [0.2, 0.25) is 0 Å². The number of aromatic nitrogens is 3. The molecule has 0 spiro atoms. The number of aliphatic hydroxyl groups is 1. The number of aliphatic imine (C=N–C) groups is 1. The highest BCUT2D eigenvalue weighted by Gasteiger charge is 2.16. The van der Waals surface area contributed by atoms with Crippen molar-refractivity contribution in [1.29, 1.82) is 0 Å². The molecule has 3 rings (SSSR count). The molecule has 2 unspecified atom stereocenters. The average Bonchev–Trinajstić information content (AvgIpc) is 3.38. The molecule has 2 aromatic rings. The topological polar surface area (TPSA) is 106 Å². The predicted molar refractivity (Wildman–Crippen MR) is 119 cm³/mol. The molecule has 9 nitrogen and oxygen atoms in total. The summed E-state index contributed by atoms with van der Waals surface area (Å²) >= 11 is 0. The van der Waals surface area contributed by atoms with Gasteiger partial charge in [-0.1, -0.05) is 12.1 Å². The standard InChI is InChI=1S/C22H34N6O3/c1-15(2)31-18-9-7-17(8-10-18)20(29)13-24-22(23-12-19-6-5-11-30-19)25-14-21-27-26-16(3)28(21)4/h7-10,15,19-20,29H,5-6,11-14H2,1-4H3,(H2,23,24,25). The van der Waals surface area contributed by atoms with Crippen LogP contribution in [0.2, 0.25) is 0 Å². The van der Waals surface area contributed by atoms with Gasteiger partial charge >= 0.3 is 0 Å². The van der Waals surface area contributed by atoms with Crippen molar-refractivity contribution in [2.75, 3.05) is 19.7 Å². The van der Waals surface area contributed by atoms with E-state index in [1.54, 1.807) is 0 Å². The number of benzene rings is 1. The highest BCUT2D eigenvalue weighted by molar-refractivity contribution is 5.79. The zero-order valence-electron chi connectivity index (χ0n) is 18.8. The van der Waals surface area contributed by atoms with Crippen LogP contribution >= 0.6 is 0 Å². The zero-order chi connectivity index (χ0) is 22.2. The molecule has 3 N–H and O–H groups in total. The summed E-state index contributed by atoms with van der Waals surface area (Å²) in [7, 11) is 1.92. The lowest BCUT2D eigenvalue weighted by molar-refractivity contribution is 0.113. The molecular weight excluding hydrogens is 396 g/mol. The Balaban J connectivity index is 1.59. The van der Waals surface area contributed by atoms with Crippen molar-refractivity contribution in [2.24, 2.45) is 12.0 Å². The Morgan fingerprint density at radius 3 is 2.68 bits per heavy atom. The molecule has 0 amide bonds. The van der Waals surface area contributed by atoms with E-state index in [1.165, 1.54) is 0 Å². The SMILES string of the molecule is Cc1nnc(CN=C(NCC2CCCO2)NCC(O)c2ccc(OC(C)C)cc2)n1C. The van der Waals surface area contributed by atoms with Crippen LogP contribution in [0.25, 0.3) is 0 Å². The summed E-state index contributed by atoms with van der Waals surface area (Å²) in [6.45, 7) is 8.05. The van der Waals surface area contributed by atoms with Crippen LogP contribution in [0.3, 0.4) is 0 Å². The summed E-state index contributed by atoms with van der Waals surface area (Å²) in [6, 6.07) is 7.51. The lowest BCUT2D eigenvalue weighted by Crippen LogP contribution is -2.42. The number of rotatable bonds is 9. The van der Waals surface area contributed by atoms with Gasteiger partial charge in [-0.15, -0.1) is 10.2 Å². The third-order valence-electron chi connectivity index (χ3n) is 5.18. The van der Waals surface area contributed by atoms with Crippen LogP contribution in [-0.4, -0.2) is 57.7 Å². The lowest BCUT2D eigenvalue weighted by Gasteiger charge is -2.18. The molecule has 1 fully saturated rings. The molecule has 2 atom stereocenters. The van der Waals surface area contributed by atoms with Gasteiger partial charge in [0.25, 0.3) is 0 Å². The van der Waals surface area contributed by atoms with E-state index in [1.807, 2.05) is 56.7 Å². The fourth-order valence-corrected chi connectivity index (χ4v) is 3.28. The van der Waals surface area contributed by atoms with E-state index in [4.69, 9.17) is 9.47 Å². The van der Waals surface area contributed by atoms with Crippen LogP contribution < -0.4 is 15.4 Å². The molecule has 0 radical (unpaired) electrons.